The highest BCUT2D eigenvalue weighted by molar-refractivity contribution is 5.61. The number of aryl methyl sites for hydroxylation is 1. The van der Waals surface area contributed by atoms with Gasteiger partial charge in [-0.1, -0.05) is 18.7 Å². The van der Waals surface area contributed by atoms with Gasteiger partial charge in [-0.3, -0.25) is 0 Å². The average Bonchev–Trinajstić information content (AvgIpc) is 2.23. The molecule has 0 aliphatic carbocycles. The van der Waals surface area contributed by atoms with Crippen LogP contribution in [0.2, 0.25) is 0 Å². The first kappa shape index (κ1) is 9.25. The summed E-state index contributed by atoms with van der Waals surface area (Å²) >= 11 is 0. The molecule has 0 atom stereocenters. The topological polar surface area (TPSA) is 3.24 Å². The maximum Gasteiger partial charge on any atom is 0.115 e. The van der Waals surface area contributed by atoms with Crippen molar-refractivity contribution in [2.75, 3.05) is 11.9 Å². The third kappa shape index (κ3) is 1.41. The number of anilines is 1. The van der Waals surface area contributed by atoms with Crippen LogP contribution in [-0.2, 0) is 13.1 Å². The molecule has 0 saturated carbocycles. The Balaban J connectivity index is 2.46. The van der Waals surface area contributed by atoms with E-state index in [1.54, 1.807) is 0 Å². The number of benzene rings is 1. The van der Waals surface area contributed by atoms with Crippen molar-refractivity contribution in [2.45, 2.75) is 19.5 Å². The highest BCUT2D eigenvalue weighted by Gasteiger charge is 2.16. The molecule has 2 rings (SSSR count). The lowest BCUT2D eigenvalue weighted by Crippen LogP contribution is -2.22. The van der Waals surface area contributed by atoms with Crippen LogP contribution in [0.5, 0.6) is 0 Å². The average molecular weight is 191 g/mol. The van der Waals surface area contributed by atoms with Crippen LogP contribution in [-0.4, -0.2) is 7.05 Å². The van der Waals surface area contributed by atoms with Gasteiger partial charge < -0.3 is 4.90 Å². The van der Waals surface area contributed by atoms with Crippen molar-refractivity contribution in [1.82, 2.24) is 0 Å². The first-order chi connectivity index (χ1) is 6.72. The smallest absolute Gasteiger partial charge is 0.115 e. The zero-order valence-corrected chi connectivity index (χ0v) is 8.39. The maximum absolute atomic E-state index is 12.5. The second-order valence-electron chi connectivity index (χ2n) is 3.72. The van der Waals surface area contributed by atoms with Crippen LogP contribution in [0.3, 0.4) is 0 Å². The van der Waals surface area contributed by atoms with E-state index in [1.165, 1.54) is 5.56 Å². The summed E-state index contributed by atoms with van der Waals surface area (Å²) in [6.45, 7) is 3.59. The van der Waals surface area contributed by atoms with Crippen molar-refractivity contribution >= 4 is 5.69 Å². The summed E-state index contributed by atoms with van der Waals surface area (Å²) in [5, 5.41) is 0. The minimum Gasteiger partial charge on any atom is -0.349 e. The molecule has 0 aromatic heterocycles. The van der Waals surface area contributed by atoms with Crippen molar-refractivity contribution in [3.63, 3.8) is 0 Å². The molecule has 0 fully saturated rings. The van der Waals surface area contributed by atoms with Gasteiger partial charge in [-0.15, -0.1) is 0 Å². The molecule has 0 amide bonds. The first-order valence-electron chi connectivity index (χ1n) is 4.81. The monoisotopic (exact) mass is 191 g/mol. The summed E-state index contributed by atoms with van der Waals surface area (Å²) < 4.78 is 12.5. The molecule has 0 bridgehead atoms. The number of hydrogen-bond donors (Lipinski definition) is 0. The summed E-state index contributed by atoms with van der Waals surface area (Å²) in [7, 11) is 1.99. The molecule has 1 aliphatic heterocycles. The maximum atomic E-state index is 12.5. The van der Waals surface area contributed by atoms with Gasteiger partial charge in [-0.2, -0.15) is 0 Å². The normalized spacial score (nSPS) is 15.6. The SMILES string of the molecule is C=C1CCc2ccc(CF)cc2N1C. The Morgan fingerprint density at radius 2 is 2.21 bits per heavy atom. The van der Waals surface area contributed by atoms with Gasteiger partial charge in [-0.25, -0.2) is 4.39 Å². The van der Waals surface area contributed by atoms with Gasteiger partial charge >= 0.3 is 0 Å². The summed E-state index contributed by atoms with van der Waals surface area (Å²) in [6, 6.07) is 5.80. The van der Waals surface area contributed by atoms with Crippen molar-refractivity contribution < 1.29 is 4.39 Å². The molecule has 0 radical (unpaired) electrons. The van der Waals surface area contributed by atoms with E-state index in [-0.39, 0.29) is 0 Å². The second kappa shape index (κ2) is 3.45. The largest absolute Gasteiger partial charge is 0.349 e. The summed E-state index contributed by atoms with van der Waals surface area (Å²) in [5.74, 6) is 0. The molecule has 0 saturated heterocycles. The fourth-order valence-corrected chi connectivity index (χ4v) is 1.83. The van der Waals surface area contributed by atoms with Gasteiger partial charge in [0.1, 0.15) is 6.67 Å². The third-order valence-corrected chi connectivity index (χ3v) is 2.82. The molecular formula is C12H14FN. The predicted molar refractivity (Wildman–Crippen MR) is 57.1 cm³/mol. The molecule has 14 heavy (non-hydrogen) atoms. The van der Waals surface area contributed by atoms with E-state index in [2.05, 4.69) is 11.5 Å². The van der Waals surface area contributed by atoms with E-state index in [4.69, 9.17) is 0 Å². The minimum atomic E-state index is -0.395. The number of hydrogen-bond acceptors (Lipinski definition) is 1. The standard InChI is InChI=1S/C12H14FN/c1-9-3-5-11-6-4-10(8-13)7-12(11)14(9)2/h4,6-7H,1,3,5,8H2,2H3. The van der Waals surface area contributed by atoms with E-state index in [0.717, 1.165) is 29.8 Å². The molecule has 0 unspecified atom stereocenters. The second-order valence-corrected chi connectivity index (χ2v) is 3.72. The van der Waals surface area contributed by atoms with Crippen LogP contribution in [0.15, 0.2) is 30.5 Å². The van der Waals surface area contributed by atoms with Crippen LogP contribution in [0.4, 0.5) is 10.1 Å². The van der Waals surface area contributed by atoms with E-state index in [9.17, 15) is 4.39 Å². The van der Waals surface area contributed by atoms with Gasteiger partial charge in [0.05, 0.1) is 0 Å². The Labute approximate surface area is 83.9 Å². The zero-order chi connectivity index (χ0) is 10.1. The number of alkyl halides is 1. The lowest BCUT2D eigenvalue weighted by atomic mass is 9.98. The van der Waals surface area contributed by atoms with E-state index in [0.29, 0.717) is 0 Å². The van der Waals surface area contributed by atoms with Crippen molar-refractivity contribution in [2.24, 2.45) is 0 Å². The molecule has 0 N–H and O–H groups in total. The van der Waals surface area contributed by atoms with Gasteiger partial charge in [0, 0.05) is 18.4 Å². The number of allylic oxidation sites excluding steroid dienone is 1. The number of nitrogens with zero attached hydrogens (tertiary/aromatic N) is 1. The molecule has 1 aromatic rings. The lowest BCUT2D eigenvalue weighted by molar-refractivity contribution is 0.485. The minimum absolute atomic E-state index is 0.395. The Morgan fingerprint density at radius 1 is 1.43 bits per heavy atom. The Hall–Kier alpha value is -1.31. The Morgan fingerprint density at radius 3 is 2.93 bits per heavy atom. The van der Waals surface area contributed by atoms with Crippen LogP contribution < -0.4 is 4.90 Å². The van der Waals surface area contributed by atoms with E-state index >= 15 is 0 Å². The van der Waals surface area contributed by atoms with E-state index < -0.39 is 6.67 Å². The number of rotatable bonds is 1. The summed E-state index contributed by atoms with van der Waals surface area (Å²) in [5.41, 5.74) is 4.24. The molecule has 0 spiro atoms. The highest BCUT2D eigenvalue weighted by atomic mass is 19.1. The molecule has 74 valence electrons. The van der Waals surface area contributed by atoms with Crippen LogP contribution in [0.25, 0.3) is 0 Å². The van der Waals surface area contributed by atoms with Crippen molar-refractivity contribution in [3.8, 4) is 0 Å². The summed E-state index contributed by atoms with van der Waals surface area (Å²) in [6.07, 6.45) is 2.02. The fraction of sp³-hybridized carbons (Fsp3) is 0.333. The molecule has 1 aliphatic rings. The number of fused-ring (bicyclic) bond motifs is 1. The molecule has 1 heterocycles. The fourth-order valence-electron chi connectivity index (χ4n) is 1.83. The van der Waals surface area contributed by atoms with Gasteiger partial charge in [0.2, 0.25) is 0 Å². The molecule has 1 nitrogen and oxygen atoms in total. The van der Waals surface area contributed by atoms with Crippen LogP contribution in [0.1, 0.15) is 17.5 Å². The predicted octanol–water partition coefficient (Wildman–Crippen LogP) is 3.05. The molecular weight excluding hydrogens is 177 g/mol. The van der Waals surface area contributed by atoms with Crippen molar-refractivity contribution in [1.29, 1.82) is 0 Å². The quantitative estimate of drug-likeness (QED) is 0.659. The van der Waals surface area contributed by atoms with E-state index in [1.807, 2.05) is 25.2 Å². The number of halogens is 1. The van der Waals surface area contributed by atoms with Crippen LogP contribution in [0, 0.1) is 0 Å². The Bertz CT molecular complexity index is 371. The highest BCUT2D eigenvalue weighted by Crippen LogP contribution is 2.31. The van der Waals surface area contributed by atoms with Gasteiger partial charge in [0.15, 0.2) is 0 Å². The molecule has 2 heteroatoms. The summed E-state index contributed by atoms with van der Waals surface area (Å²) in [4.78, 5) is 2.05. The first-order valence-corrected chi connectivity index (χ1v) is 4.81. The van der Waals surface area contributed by atoms with Crippen LogP contribution >= 0.6 is 0 Å². The third-order valence-electron chi connectivity index (χ3n) is 2.82. The van der Waals surface area contributed by atoms with Gasteiger partial charge in [-0.05, 0) is 30.0 Å². The zero-order valence-electron chi connectivity index (χ0n) is 8.39. The lowest BCUT2D eigenvalue weighted by Gasteiger charge is -2.29. The molecule has 1 aromatic carbocycles. The Kier molecular flexibility index (Phi) is 2.28. The van der Waals surface area contributed by atoms with Crippen molar-refractivity contribution in [3.05, 3.63) is 41.6 Å². The van der Waals surface area contributed by atoms with Gasteiger partial charge in [0.25, 0.3) is 0 Å².